The Kier molecular flexibility index (Phi) is 9.57. The predicted octanol–water partition coefficient (Wildman–Crippen LogP) is 4.20. The van der Waals surface area contributed by atoms with Crippen molar-refractivity contribution in [2.75, 3.05) is 12.4 Å². The minimum absolute atomic E-state index is 0.0312. The Bertz CT molecular complexity index is 763. The van der Waals surface area contributed by atoms with Crippen molar-refractivity contribution in [1.29, 1.82) is 0 Å². The number of amides is 3. The first-order valence-corrected chi connectivity index (χ1v) is 9.80. The number of hydrogen-bond acceptors (Lipinski definition) is 4. The normalized spacial score (nSPS) is 13.6. The summed E-state index contributed by atoms with van der Waals surface area (Å²) in [6, 6.07) is 6.61. The maximum absolute atomic E-state index is 13.0. The zero-order valence-electron chi connectivity index (χ0n) is 17.5. The van der Waals surface area contributed by atoms with Crippen LogP contribution < -0.4 is 9.96 Å². The van der Waals surface area contributed by atoms with Crippen LogP contribution in [0.1, 0.15) is 59.8 Å². The quantitative estimate of drug-likeness (QED) is 0.412. The Morgan fingerprint density at radius 2 is 1.82 bits per heavy atom. The van der Waals surface area contributed by atoms with Gasteiger partial charge in [-0.3, -0.25) is 4.79 Å². The van der Waals surface area contributed by atoms with Crippen LogP contribution in [0.4, 0.5) is 11.4 Å². The number of hydroxylamine groups is 2. The van der Waals surface area contributed by atoms with Crippen LogP contribution in [0.15, 0.2) is 24.3 Å². The first kappa shape index (κ1) is 23.5. The second kappa shape index (κ2) is 11.4. The van der Waals surface area contributed by atoms with E-state index in [9.17, 15) is 14.4 Å². The highest BCUT2D eigenvalue weighted by Crippen LogP contribution is 2.29. The molecule has 0 fully saturated rings. The van der Waals surface area contributed by atoms with Gasteiger partial charge in [0, 0.05) is 36.1 Å². The van der Waals surface area contributed by atoms with Gasteiger partial charge in [-0.1, -0.05) is 39.7 Å². The monoisotopic (exact) mass is 387 g/mol. The molecule has 6 heteroatoms. The molecule has 0 heterocycles. The number of nitrogens with one attached hydrogen (secondary N) is 1. The van der Waals surface area contributed by atoms with Crippen LogP contribution in [0.5, 0.6) is 0 Å². The van der Waals surface area contributed by atoms with Crippen LogP contribution in [0.25, 0.3) is 0 Å². The lowest BCUT2D eigenvalue weighted by molar-refractivity contribution is -0.179. The number of anilines is 1. The smallest absolute Gasteiger partial charge is 0.326 e. The van der Waals surface area contributed by atoms with Gasteiger partial charge in [0.15, 0.2) is 5.69 Å². The van der Waals surface area contributed by atoms with Crippen molar-refractivity contribution in [3.63, 3.8) is 0 Å². The van der Waals surface area contributed by atoms with Crippen LogP contribution in [0.2, 0.25) is 0 Å². The third-order valence-electron chi connectivity index (χ3n) is 4.38. The summed E-state index contributed by atoms with van der Waals surface area (Å²) in [6.07, 6.45) is 2.65. The molecule has 0 spiro atoms. The molecule has 152 valence electrons. The molecule has 0 aliphatic heterocycles. The number of quaternary nitrogens is 1. The van der Waals surface area contributed by atoms with Crippen molar-refractivity contribution in [3.05, 3.63) is 24.3 Å². The SMILES string of the molecule is CCCC(=O)Nc1cccc([N+](OC)(C(=O)C#CC(C)CC)C(=O)CCC)c1. The number of hydrogen-bond donors (Lipinski definition) is 1. The van der Waals surface area contributed by atoms with Crippen molar-refractivity contribution in [2.45, 2.75) is 59.8 Å². The minimum atomic E-state index is -0.950. The summed E-state index contributed by atoms with van der Waals surface area (Å²) in [5.74, 6) is 4.34. The molecule has 6 nitrogen and oxygen atoms in total. The van der Waals surface area contributed by atoms with E-state index in [1.807, 2.05) is 27.7 Å². The number of rotatable bonds is 8. The molecule has 0 bridgehead atoms. The Labute approximate surface area is 167 Å². The summed E-state index contributed by atoms with van der Waals surface area (Å²) < 4.78 is -0.950. The fourth-order valence-electron chi connectivity index (χ4n) is 2.63. The van der Waals surface area contributed by atoms with Gasteiger partial charge in [0.2, 0.25) is 5.91 Å². The lowest BCUT2D eigenvalue weighted by Gasteiger charge is -2.26. The Morgan fingerprint density at radius 1 is 1.14 bits per heavy atom. The second-order valence-electron chi connectivity index (χ2n) is 6.67. The van der Waals surface area contributed by atoms with Crippen molar-refractivity contribution in [3.8, 4) is 11.8 Å². The molecule has 1 N–H and O–H groups in total. The molecule has 0 aromatic heterocycles. The van der Waals surface area contributed by atoms with Gasteiger partial charge < -0.3 is 5.32 Å². The summed E-state index contributed by atoms with van der Waals surface area (Å²) in [6.45, 7) is 7.67. The average molecular weight is 388 g/mol. The van der Waals surface area contributed by atoms with Crippen LogP contribution in [-0.4, -0.2) is 24.8 Å². The lowest BCUT2D eigenvalue weighted by Crippen LogP contribution is -2.57. The van der Waals surface area contributed by atoms with Crippen molar-refractivity contribution < 1.29 is 19.2 Å². The summed E-state index contributed by atoms with van der Waals surface area (Å²) in [7, 11) is 1.32. The van der Waals surface area contributed by atoms with E-state index >= 15 is 0 Å². The molecule has 0 saturated heterocycles. The van der Waals surface area contributed by atoms with E-state index in [1.54, 1.807) is 24.3 Å². The number of carbonyl (C=O) groups is 3. The van der Waals surface area contributed by atoms with Crippen molar-refractivity contribution in [1.82, 2.24) is 4.65 Å². The highest BCUT2D eigenvalue weighted by molar-refractivity contribution is 6.14. The van der Waals surface area contributed by atoms with E-state index < -0.39 is 16.5 Å². The summed E-state index contributed by atoms with van der Waals surface area (Å²) in [5.41, 5.74) is 0.821. The highest BCUT2D eigenvalue weighted by Gasteiger charge is 2.48. The van der Waals surface area contributed by atoms with Gasteiger partial charge >= 0.3 is 11.8 Å². The number of imide groups is 1. The van der Waals surface area contributed by atoms with Gasteiger partial charge in [-0.2, -0.15) is 4.84 Å². The first-order chi connectivity index (χ1) is 13.3. The van der Waals surface area contributed by atoms with Gasteiger partial charge in [-0.25, -0.2) is 9.59 Å². The maximum atomic E-state index is 13.0. The van der Waals surface area contributed by atoms with Crippen molar-refractivity contribution >= 4 is 29.1 Å². The lowest BCUT2D eigenvalue weighted by atomic mass is 10.1. The molecular weight excluding hydrogens is 356 g/mol. The number of carbonyl (C=O) groups excluding carboxylic acids is 3. The molecule has 28 heavy (non-hydrogen) atoms. The molecule has 0 aliphatic rings. The molecule has 1 aromatic carbocycles. The molecule has 1 rings (SSSR count). The topological polar surface area (TPSA) is 72.5 Å². The first-order valence-electron chi connectivity index (χ1n) is 9.80. The highest BCUT2D eigenvalue weighted by atomic mass is 16.7. The predicted molar refractivity (Wildman–Crippen MR) is 111 cm³/mol. The Hall–Kier alpha value is -2.49. The molecule has 1 aromatic rings. The Morgan fingerprint density at radius 3 is 2.39 bits per heavy atom. The molecule has 2 unspecified atom stereocenters. The van der Waals surface area contributed by atoms with E-state index in [4.69, 9.17) is 4.84 Å². The van der Waals surface area contributed by atoms with Gasteiger partial charge in [0.25, 0.3) is 0 Å². The molecule has 3 amide bonds. The fourth-order valence-corrected chi connectivity index (χ4v) is 2.63. The molecular formula is C22H31N2O4+. The summed E-state index contributed by atoms with van der Waals surface area (Å²) in [4.78, 5) is 43.4. The third-order valence-corrected chi connectivity index (χ3v) is 4.38. The number of benzene rings is 1. The molecule has 0 saturated carbocycles. The average Bonchev–Trinajstić information content (AvgIpc) is 2.67. The van der Waals surface area contributed by atoms with E-state index in [2.05, 4.69) is 17.2 Å². The van der Waals surface area contributed by atoms with Crippen LogP contribution in [0.3, 0.4) is 0 Å². The second-order valence-corrected chi connectivity index (χ2v) is 6.67. The van der Waals surface area contributed by atoms with Gasteiger partial charge in [-0.15, -0.1) is 0 Å². The zero-order valence-corrected chi connectivity index (χ0v) is 17.5. The van der Waals surface area contributed by atoms with Crippen LogP contribution in [-0.2, 0) is 19.2 Å². The van der Waals surface area contributed by atoms with Gasteiger partial charge in [-0.05, 0) is 30.0 Å². The van der Waals surface area contributed by atoms with E-state index in [0.717, 1.165) is 12.8 Å². The van der Waals surface area contributed by atoms with Crippen LogP contribution >= 0.6 is 0 Å². The minimum Gasteiger partial charge on any atom is -0.326 e. The van der Waals surface area contributed by atoms with Crippen LogP contribution in [0, 0.1) is 17.8 Å². The standard InChI is InChI=1S/C22H30N2O4/c1-6-10-20(25)23-18-12-9-13-19(16-18)24(28-5,21(26)11-7-2)22(27)15-14-17(4)8-3/h9,12-13,16-17H,6-8,10-11H2,1-5H3/p+1. The third kappa shape index (κ3) is 5.75. The van der Waals surface area contributed by atoms with Gasteiger partial charge in [0.05, 0.1) is 13.5 Å². The van der Waals surface area contributed by atoms with Gasteiger partial charge in [0.1, 0.15) is 0 Å². The summed E-state index contributed by atoms with van der Waals surface area (Å²) in [5, 5.41) is 2.79. The van der Waals surface area contributed by atoms with E-state index in [0.29, 0.717) is 24.2 Å². The molecule has 0 radical (unpaired) electrons. The largest absolute Gasteiger partial charge is 0.436 e. The van der Waals surface area contributed by atoms with E-state index in [1.165, 1.54) is 7.11 Å². The zero-order chi connectivity index (χ0) is 21.2. The molecule has 2 atom stereocenters. The maximum Gasteiger partial charge on any atom is 0.436 e. The fraction of sp³-hybridized carbons (Fsp3) is 0.500. The van der Waals surface area contributed by atoms with E-state index in [-0.39, 0.29) is 18.2 Å². The molecule has 0 aliphatic carbocycles. The summed E-state index contributed by atoms with van der Waals surface area (Å²) >= 11 is 0. The van der Waals surface area contributed by atoms with Crippen molar-refractivity contribution in [2.24, 2.45) is 5.92 Å². The number of nitrogens with zero attached hydrogens (tertiary/aromatic N) is 1. The Balaban J connectivity index is 3.42.